The van der Waals surface area contributed by atoms with Gasteiger partial charge in [0.05, 0.1) is 0 Å². The average molecular weight is 265 g/mol. The highest BCUT2D eigenvalue weighted by atomic mass is 16.4. The molecule has 1 aromatic rings. The fourth-order valence-electron chi connectivity index (χ4n) is 3.08. The predicted octanol–water partition coefficient (Wildman–Crippen LogP) is 1.81. The van der Waals surface area contributed by atoms with Gasteiger partial charge in [0.25, 0.3) is 0 Å². The first-order chi connectivity index (χ1) is 9.08. The summed E-state index contributed by atoms with van der Waals surface area (Å²) in [5.74, 6) is 0.301. The first-order valence-corrected chi connectivity index (χ1v) is 7.10. The van der Waals surface area contributed by atoms with E-state index in [0.29, 0.717) is 6.42 Å². The summed E-state index contributed by atoms with van der Waals surface area (Å²) >= 11 is 0. The molecule has 1 fully saturated rings. The SMILES string of the molecule is CCCc1nccn1CCC1CCCC1(N)C(=O)O. The predicted molar refractivity (Wildman–Crippen MR) is 72.7 cm³/mol. The number of carbonyl (C=O) groups is 1. The lowest BCUT2D eigenvalue weighted by Crippen LogP contribution is -2.51. The van der Waals surface area contributed by atoms with Gasteiger partial charge in [0, 0.05) is 25.4 Å². The van der Waals surface area contributed by atoms with Crippen molar-refractivity contribution >= 4 is 5.97 Å². The Balaban J connectivity index is 1.98. The minimum atomic E-state index is -1.02. The molecule has 1 aliphatic rings. The highest BCUT2D eigenvalue weighted by Crippen LogP contribution is 2.36. The van der Waals surface area contributed by atoms with Gasteiger partial charge in [0.15, 0.2) is 0 Å². The molecular formula is C14H23N3O2. The summed E-state index contributed by atoms with van der Waals surface area (Å²) in [5.41, 5.74) is 5.04. The van der Waals surface area contributed by atoms with Gasteiger partial charge in [-0.05, 0) is 31.6 Å². The highest BCUT2D eigenvalue weighted by Gasteiger charge is 2.45. The van der Waals surface area contributed by atoms with Crippen LogP contribution in [0.25, 0.3) is 0 Å². The molecule has 1 aromatic heterocycles. The Hall–Kier alpha value is -1.36. The van der Waals surface area contributed by atoms with Crippen molar-refractivity contribution in [1.82, 2.24) is 9.55 Å². The van der Waals surface area contributed by atoms with Crippen LogP contribution in [-0.4, -0.2) is 26.2 Å². The summed E-state index contributed by atoms with van der Waals surface area (Å²) < 4.78 is 2.13. The van der Waals surface area contributed by atoms with E-state index < -0.39 is 11.5 Å². The summed E-state index contributed by atoms with van der Waals surface area (Å²) in [6.07, 6.45) is 9.06. The molecule has 0 aliphatic heterocycles. The molecule has 0 radical (unpaired) electrons. The third kappa shape index (κ3) is 2.81. The Morgan fingerprint density at radius 2 is 2.47 bits per heavy atom. The fourth-order valence-corrected chi connectivity index (χ4v) is 3.08. The maximum Gasteiger partial charge on any atom is 0.323 e. The van der Waals surface area contributed by atoms with Crippen LogP contribution in [-0.2, 0) is 17.8 Å². The molecule has 106 valence electrons. The van der Waals surface area contributed by atoms with Gasteiger partial charge in [-0.25, -0.2) is 4.98 Å². The van der Waals surface area contributed by atoms with Crippen molar-refractivity contribution < 1.29 is 9.90 Å². The number of carboxylic acid groups (broad SMARTS) is 1. The summed E-state index contributed by atoms with van der Waals surface area (Å²) in [6.45, 7) is 2.94. The van der Waals surface area contributed by atoms with Crippen LogP contribution in [0.2, 0.25) is 0 Å². The number of nitrogens with zero attached hydrogens (tertiary/aromatic N) is 2. The number of hydrogen-bond donors (Lipinski definition) is 2. The maximum atomic E-state index is 11.3. The van der Waals surface area contributed by atoms with Crippen molar-refractivity contribution in [3.05, 3.63) is 18.2 Å². The van der Waals surface area contributed by atoms with Crippen LogP contribution in [0, 0.1) is 5.92 Å². The molecule has 0 saturated heterocycles. The minimum Gasteiger partial charge on any atom is -0.480 e. The zero-order valence-electron chi connectivity index (χ0n) is 11.5. The number of imidazole rings is 1. The fraction of sp³-hybridized carbons (Fsp3) is 0.714. The average Bonchev–Trinajstić information content (AvgIpc) is 2.95. The van der Waals surface area contributed by atoms with E-state index in [-0.39, 0.29) is 5.92 Å². The van der Waals surface area contributed by atoms with E-state index >= 15 is 0 Å². The third-order valence-corrected chi connectivity index (χ3v) is 4.26. The Labute approximate surface area is 113 Å². The molecule has 5 heteroatoms. The Morgan fingerprint density at radius 1 is 1.68 bits per heavy atom. The van der Waals surface area contributed by atoms with Crippen LogP contribution in [0.4, 0.5) is 0 Å². The molecule has 3 N–H and O–H groups in total. The molecule has 2 atom stereocenters. The lowest BCUT2D eigenvalue weighted by atomic mass is 9.85. The van der Waals surface area contributed by atoms with Crippen LogP contribution in [0.15, 0.2) is 12.4 Å². The van der Waals surface area contributed by atoms with Gasteiger partial charge in [0.2, 0.25) is 0 Å². The van der Waals surface area contributed by atoms with Crippen molar-refractivity contribution in [3.8, 4) is 0 Å². The normalized spacial score (nSPS) is 26.7. The number of aromatic nitrogens is 2. The molecule has 0 amide bonds. The number of aryl methyl sites for hydroxylation is 2. The number of carboxylic acids is 1. The molecule has 1 saturated carbocycles. The van der Waals surface area contributed by atoms with E-state index in [9.17, 15) is 9.90 Å². The van der Waals surface area contributed by atoms with Gasteiger partial charge in [-0.3, -0.25) is 4.79 Å². The summed E-state index contributed by atoms with van der Waals surface area (Å²) in [5, 5.41) is 9.29. The zero-order chi connectivity index (χ0) is 13.9. The number of hydrogen-bond acceptors (Lipinski definition) is 3. The van der Waals surface area contributed by atoms with E-state index in [1.165, 1.54) is 0 Å². The molecular weight excluding hydrogens is 242 g/mol. The van der Waals surface area contributed by atoms with E-state index in [1.807, 2.05) is 12.4 Å². The molecule has 2 rings (SSSR count). The topological polar surface area (TPSA) is 81.1 Å². The Kier molecular flexibility index (Phi) is 4.24. The van der Waals surface area contributed by atoms with E-state index in [2.05, 4.69) is 16.5 Å². The first-order valence-electron chi connectivity index (χ1n) is 7.10. The summed E-state index contributed by atoms with van der Waals surface area (Å²) in [4.78, 5) is 15.7. The van der Waals surface area contributed by atoms with Crippen LogP contribution < -0.4 is 5.73 Å². The van der Waals surface area contributed by atoms with E-state index in [4.69, 9.17) is 5.73 Å². The van der Waals surface area contributed by atoms with Crippen molar-refractivity contribution in [1.29, 1.82) is 0 Å². The lowest BCUT2D eigenvalue weighted by Gasteiger charge is -2.27. The lowest BCUT2D eigenvalue weighted by molar-refractivity contribution is -0.144. The standard InChI is InChI=1S/C14H23N3O2/c1-2-4-12-16-8-10-17(12)9-6-11-5-3-7-14(11,15)13(18)19/h8,10-11H,2-7,9,15H2,1H3,(H,18,19). The molecule has 19 heavy (non-hydrogen) atoms. The van der Waals surface area contributed by atoms with Crippen LogP contribution in [0.5, 0.6) is 0 Å². The van der Waals surface area contributed by atoms with Crippen molar-refractivity contribution in [3.63, 3.8) is 0 Å². The largest absolute Gasteiger partial charge is 0.480 e. The summed E-state index contributed by atoms with van der Waals surface area (Å²) in [6, 6.07) is 0. The van der Waals surface area contributed by atoms with Crippen molar-refractivity contribution in [2.24, 2.45) is 11.7 Å². The van der Waals surface area contributed by atoms with E-state index in [1.54, 1.807) is 0 Å². The van der Waals surface area contributed by atoms with Crippen LogP contribution in [0.1, 0.15) is 44.9 Å². The molecule has 2 unspecified atom stereocenters. The minimum absolute atomic E-state index is 0.0712. The van der Waals surface area contributed by atoms with Gasteiger partial charge in [0.1, 0.15) is 11.4 Å². The number of nitrogens with two attached hydrogens (primary N) is 1. The van der Waals surface area contributed by atoms with Crippen molar-refractivity contribution in [2.75, 3.05) is 0 Å². The van der Waals surface area contributed by atoms with E-state index in [0.717, 1.165) is 44.5 Å². The van der Waals surface area contributed by atoms with Gasteiger partial charge in [-0.1, -0.05) is 13.3 Å². The zero-order valence-corrected chi connectivity index (χ0v) is 11.5. The van der Waals surface area contributed by atoms with Crippen molar-refractivity contribution in [2.45, 2.75) is 57.5 Å². The third-order valence-electron chi connectivity index (χ3n) is 4.26. The maximum absolute atomic E-state index is 11.3. The molecule has 5 nitrogen and oxygen atoms in total. The molecule has 0 bridgehead atoms. The second kappa shape index (κ2) is 5.74. The second-order valence-electron chi connectivity index (χ2n) is 5.51. The molecule has 0 spiro atoms. The van der Waals surface area contributed by atoms with Gasteiger partial charge < -0.3 is 15.4 Å². The monoisotopic (exact) mass is 265 g/mol. The Bertz CT molecular complexity index is 444. The van der Waals surface area contributed by atoms with Crippen LogP contribution in [0.3, 0.4) is 0 Å². The Morgan fingerprint density at radius 3 is 3.16 bits per heavy atom. The highest BCUT2D eigenvalue weighted by molar-refractivity contribution is 5.79. The van der Waals surface area contributed by atoms with Crippen LogP contribution >= 0.6 is 0 Å². The van der Waals surface area contributed by atoms with Gasteiger partial charge in [-0.15, -0.1) is 0 Å². The molecule has 1 aliphatic carbocycles. The van der Waals surface area contributed by atoms with Gasteiger partial charge >= 0.3 is 5.97 Å². The number of aliphatic carboxylic acids is 1. The number of rotatable bonds is 6. The molecule has 0 aromatic carbocycles. The quantitative estimate of drug-likeness (QED) is 0.822. The second-order valence-corrected chi connectivity index (χ2v) is 5.51. The first kappa shape index (κ1) is 14.1. The molecule has 1 heterocycles. The summed E-state index contributed by atoms with van der Waals surface area (Å²) in [7, 11) is 0. The van der Waals surface area contributed by atoms with Gasteiger partial charge in [-0.2, -0.15) is 0 Å². The smallest absolute Gasteiger partial charge is 0.323 e.